The topological polar surface area (TPSA) is 54.4 Å². The lowest BCUT2D eigenvalue weighted by molar-refractivity contribution is -0.137. The molecule has 1 atom stereocenters. The van der Waals surface area contributed by atoms with Gasteiger partial charge in [-0.05, 0) is 17.7 Å². The summed E-state index contributed by atoms with van der Waals surface area (Å²) < 4.78 is 0. The molecule has 0 radical (unpaired) electrons. The highest BCUT2D eigenvalue weighted by molar-refractivity contribution is 6.30. The van der Waals surface area contributed by atoms with Gasteiger partial charge in [-0.1, -0.05) is 54.1 Å². The van der Waals surface area contributed by atoms with Crippen molar-refractivity contribution in [2.45, 2.75) is 12.3 Å². The van der Waals surface area contributed by atoms with Crippen LogP contribution in [0.3, 0.4) is 0 Å². The first kappa shape index (κ1) is 14.3. The zero-order valence-corrected chi connectivity index (χ0v) is 11.4. The van der Waals surface area contributed by atoms with Crippen LogP contribution >= 0.6 is 11.6 Å². The first-order chi connectivity index (χ1) is 9.58. The quantitative estimate of drug-likeness (QED) is 0.852. The zero-order chi connectivity index (χ0) is 14.5. The molecule has 0 aliphatic heterocycles. The summed E-state index contributed by atoms with van der Waals surface area (Å²) in [6.45, 7) is 0. The fraction of sp³-hybridized carbons (Fsp3) is 0.125. The molecule has 0 bridgehead atoms. The van der Waals surface area contributed by atoms with Gasteiger partial charge in [0.05, 0.1) is 12.3 Å². The molecule has 2 aromatic rings. The Morgan fingerprint density at radius 1 is 1.00 bits per heavy atom. The zero-order valence-electron chi connectivity index (χ0n) is 10.6. The maximum absolute atomic E-state index is 12.5. The van der Waals surface area contributed by atoms with E-state index in [0.717, 1.165) is 0 Å². The number of hydrogen-bond donors (Lipinski definition) is 1. The van der Waals surface area contributed by atoms with Crippen molar-refractivity contribution in [3.05, 3.63) is 70.7 Å². The van der Waals surface area contributed by atoms with Gasteiger partial charge in [0.15, 0.2) is 5.78 Å². The Labute approximate surface area is 121 Å². The number of aliphatic carboxylic acids is 1. The molecular formula is C16H13ClO3. The van der Waals surface area contributed by atoms with E-state index in [9.17, 15) is 9.59 Å². The van der Waals surface area contributed by atoms with Crippen molar-refractivity contribution in [1.82, 2.24) is 0 Å². The fourth-order valence-electron chi connectivity index (χ4n) is 2.04. The molecule has 0 unspecified atom stereocenters. The van der Waals surface area contributed by atoms with E-state index >= 15 is 0 Å². The molecule has 3 nitrogen and oxygen atoms in total. The third-order valence-electron chi connectivity index (χ3n) is 3.03. The second-order valence-corrected chi connectivity index (χ2v) is 4.87. The highest BCUT2D eigenvalue weighted by atomic mass is 35.5. The number of rotatable bonds is 5. The summed E-state index contributed by atoms with van der Waals surface area (Å²) in [6, 6.07) is 15.4. The molecular weight excluding hydrogens is 276 g/mol. The Balaban J connectivity index is 2.35. The van der Waals surface area contributed by atoms with Gasteiger partial charge in [0.2, 0.25) is 0 Å². The van der Waals surface area contributed by atoms with Crippen molar-refractivity contribution in [1.29, 1.82) is 0 Å². The number of hydrogen-bond acceptors (Lipinski definition) is 2. The molecule has 2 rings (SSSR count). The lowest BCUT2D eigenvalue weighted by Gasteiger charge is -2.14. The maximum Gasteiger partial charge on any atom is 0.304 e. The van der Waals surface area contributed by atoms with Gasteiger partial charge in [-0.3, -0.25) is 9.59 Å². The first-order valence-corrected chi connectivity index (χ1v) is 6.52. The molecule has 1 N–H and O–H groups in total. The molecule has 2 aromatic carbocycles. The Bertz CT molecular complexity index is 605. The largest absolute Gasteiger partial charge is 0.481 e. The average Bonchev–Trinajstić information content (AvgIpc) is 2.46. The monoisotopic (exact) mass is 288 g/mol. The normalized spacial score (nSPS) is 11.8. The Kier molecular flexibility index (Phi) is 4.53. The molecule has 0 aromatic heterocycles. The molecule has 20 heavy (non-hydrogen) atoms. The van der Waals surface area contributed by atoms with E-state index in [1.54, 1.807) is 48.5 Å². The number of carboxylic acid groups (broad SMARTS) is 1. The summed E-state index contributed by atoms with van der Waals surface area (Å²) >= 11 is 5.82. The van der Waals surface area contributed by atoms with Crippen molar-refractivity contribution in [3.8, 4) is 0 Å². The summed E-state index contributed by atoms with van der Waals surface area (Å²) in [7, 11) is 0. The summed E-state index contributed by atoms with van der Waals surface area (Å²) in [4.78, 5) is 23.5. The van der Waals surface area contributed by atoms with Crippen LogP contribution in [0.5, 0.6) is 0 Å². The molecule has 0 spiro atoms. The van der Waals surface area contributed by atoms with Crippen LogP contribution in [0.2, 0.25) is 5.02 Å². The molecule has 0 saturated heterocycles. The van der Waals surface area contributed by atoms with Gasteiger partial charge >= 0.3 is 5.97 Å². The van der Waals surface area contributed by atoms with Crippen LogP contribution in [0.25, 0.3) is 0 Å². The molecule has 102 valence electrons. The van der Waals surface area contributed by atoms with Crippen LogP contribution in [0.4, 0.5) is 0 Å². The summed E-state index contributed by atoms with van der Waals surface area (Å²) in [5.74, 6) is -1.91. The molecule has 0 aliphatic rings. The third-order valence-corrected chi connectivity index (χ3v) is 3.28. The number of ketones is 1. The van der Waals surface area contributed by atoms with E-state index in [4.69, 9.17) is 16.7 Å². The lowest BCUT2D eigenvalue weighted by atomic mass is 9.88. The standard InChI is InChI=1S/C16H13ClO3/c17-13-8-6-11(7-9-13)14(10-15(18)19)16(20)12-4-2-1-3-5-12/h1-9,14H,10H2,(H,18,19)/t14-/m1/s1. The van der Waals surface area contributed by atoms with E-state index in [-0.39, 0.29) is 12.2 Å². The van der Waals surface area contributed by atoms with Gasteiger partial charge < -0.3 is 5.11 Å². The Hall–Kier alpha value is -2.13. The number of carbonyl (C=O) groups is 2. The van der Waals surface area contributed by atoms with Crippen molar-refractivity contribution in [3.63, 3.8) is 0 Å². The molecule has 0 aliphatic carbocycles. The van der Waals surface area contributed by atoms with Crippen LogP contribution in [-0.4, -0.2) is 16.9 Å². The molecule has 0 fully saturated rings. The van der Waals surface area contributed by atoms with Crippen LogP contribution < -0.4 is 0 Å². The van der Waals surface area contributed by atoms with Gasteiger partial charge in [0, 0.05) is 10.6 Å². The molecule has 0 saturated carbocycles. The predicted molar refractivity (Wildman–Crippen MR) is 77.2 cm³/mol. The van der Waals surface area contributed by atoms with E-state index in [1.807, 2.05) is 6.07 Å². The van der Waals surface area contributed by atoms with E-state index in [2.05, 4.69) is 0 Å². The third kappa shape index (κ3) is 3.45. The summed E-state index contributed by atoms with van der Waals surface area (Å²) in [5, 5.41) is 9.57. The minimum absolute atomic E-state index is 0.199. The van der Waals surface area contributed by atoms with E-state index in [0.29, 0.717) is 16.1 Å². The molecule has 0 amide bonds. The van der Waals surface area contributed by atoms with Crippen molar-refractivity contribution in [2.75, 3.05) is 0 Å². The van der Waals surface area contributed by atoms with Crippen molar-refractivity contribution in [2.24, 2.45) is 0 Å². The Morgan fingerprint density at radius 3 is 2.15 bits per heavy atom. The number of halogens is 1. The van der Waals surface area contributed by atoms with Crippen LogP contribution in [-0.2, 0) is 4.79 Å². The first-order valence-electron chi connectivity index (χ1n) is 6.14. The average molecular weight is 289 g/mol. The predicted octanol–water partition coefficient (Wildman–Crippen LogP) is 3.78. The SMILES string of the molecule is O=C(O)C[C@@H](C(=O)c1ccccc1)c1ccc(Cl)cc1. The van der Waals surface area contributed by atoms with Gasteiger partial charge in [0.1, 0.15) is 0 Å². The smallest absolute Gasteiger partial charge is 0.304 e. The minimum Gasteiger partial charge on any atom is -0.481 e. The summed E-state index contributed by atoms with van der Waals surface area (Å²) in [5.41, 5.74) is 1.17. The highest BCUT2D eigenvalue weighted by Crippen LogP contribution is 2.25. The lowest BCUT2D eigenvalue weighted by Crippen LogP contribution is -2.16. The number of carbonyl (C=O) groups excluding carboxylic acids is 1. The van der Waals surface area contributed by atoms with E-state index < -0.39 is 11.9 Å². The van der Waals surface area contributed by atoms with Gasteiger partial charge in [-0.25, -0.2) is 0 Å². The fourth-order valence-corrected chi connectivity index (χ4v) is 2.16. The van der Waals surface area contributed by atoms with E-state index in [1.165, 1.54) is 0 Å². The Morgan fingerprint density at radius 2 is 1.60 bits per heavy atom. The minimum atomic E-state index is -1.01. The van der Waals surface area contributed by atoms with Gasteiger partial charge in [-0.2, -0.15) is 0 Å². The maximum atomic E-state index is 12.5. The van der Waals surface area contributed by atoms with Gasteiger partial charge in [0.25, 0.3) is 0 Å². The summed E-state index contributed by atoms with van der Waals surface area (Å²) in [6.07, 6.45) is -0.241. The van der Waals surface area contributed by atoms with Crippen LogP contribution in [0, 0.1) is 0 Å². The van der Waals surface area contributed by atoms with Crippen LogP contribution in [0.15, 0.2) is 54.6 Å². The highest BCUT2D eigenvalue weighted by Gasteiger charge is 2.24. The van der Waals surface area contributed by atoms with Crippen molar-refractivity contribution >= 4 is 23.4 Å². The molecule has 0 heterocycles. The second kappa shape index (κ2) is 6.35. The van der Waals surface area contributed by atoms with Gasteiger partial charge in [-0.15, -0.1) is 0 Å². The van der Waals surface area contributed by atoms with Crippen molar-refractivity contribution < 1.29 is 14.7 Å². The van der Waals surface area contributed by atoms with Crippen LogP contribution in [0.1, 0.15) is 28.3 Å². The number of carboxylic acids is 1. The number of benzene rings is 2. The molecule has 4 heteroatoms. The number of Topliss-reactive ketones (excluding diaryl/α,β-unsaturated/α-hetero) is 1. The second-order valence-electron chi connectivity index (χ2n) is 4.43.